The number of nitrogens with zero attached hydrogens (tertiary/aromatic N) is 1. The maximum absolute atomic E-state index is 10.8. The Morgan fingerprint density at radius 1 is 1.00 bits per heavy atom. The second-order valence-electron chi connectivity index (χ2n) is 5.80. The molecule has 0 radical (unpaired) electrons. The van der Waals surface area contributed by atoms with Crippen LogP contribution in [-0.4, -0.2) is 29.2 Å². The Morgan fingerprint density at radius 2 is 1.77 bits per heavy atom. The van der Waals surface area contributed by atoms with Crippen molar-refractivity contribution in [1.82, 2.24) is 10.3 Å². The standard InChI is InChI=1S/C21H20N2O3/c24-21(25)18-6-8-20(9-7-18)26-11-10-22-13-16-12-19(15-23-14-16)17-4-2-1-3-5-17/h1-9,12,14-15,22H,10-11,13H2,(H,24,25). The molecule has 5 nitrogen and oxygen atoms in total. The van der Waals surface area contributed by atoms with Crippen LogP contribution in [0.1, 0.15) is 15.9 Å². The summed E-state index contributed by atoms with van der Waals surface area (Å²) in [6, 6.07) is 18.7. The molecule has 0 unspecified atom stereocenters. The monoisotopic (exact) mass is 348 g/mol. The number of pyridine rings is 1. The van der Waals surface area contributed by atoms with Crippen molar-refractivity contribution in [3.8, 4) is 16.9 Å². The van der Waals surface area contributed by atoms with E-state index in [4.69, 9.17) is 9.84 Å². The van der Waals surface area contributed by atoms with Crippen LogP contribution in [0.4, 0.5) is 0 Å². The molecular formula is C21H20N2O3. The molecule has 0 aliphatic heterocycles. The first kappa shape index (κ1) is 17.6. The van der Waals surface area contributed by atoms with E-state index in [0.717, 1.165) is 16.7 Å². The summed E-state index contributed by atoms with van der Waals surface area (Å²) < 4.78 is 5.60. The number of rotatable bonds is 8. The summed E-state index contributed by atoms with van der Waals surface area (Å²) in [5.41, 5.74) is 3.60. The van der Waals surface area contributed by atoms with E-state index in [0.29, 0.717) is 25.4 Å². The summed E-state index contributed by atoms with van der Waals surface area (Å²) in [6.07, 6.45) is 3.72. The minimum absolute atomic E-state index is 0.251. The van der Waals surface area contributed by atoms with Crippen LogP contribution in [0, 0.1) is 0 Å². The third-order valence-electron chi connectivity index (χ3n) is 3.88. The molecule has 1 heterocycles. The highest BCUT2D eigenvalue weighted by Crippen LogP contribution is 2.18. The third-order valence-corrected chi connectivity index (χ3v) is 3.88. The number of benzene rings is 2. The Morgan fingerprint density at radius 3 is 2.50 bits per heavy atom. The zero-order valence-electron chi connectivity index (χ0n) is 14.3. The predicted octanol–water partition coefficient (Wildman–Crippen LogP) is 3.62. The molecule has 2 N–H and O–H groups in total. The van der Waals surface area contributed by atoms with Gasteiger partial charge in [-0.1, -0.05) is 30.3 Å². The number of hydrogen-bond acceptors (Lipinski definition) is 4. The summed E-state index contributed by atoms with van der Waals surface area (Å²) in [4.78, 5) is 15.1. The van der Waals surface area contributed by atoms with Gasteiger partial charge in [-0.05, 0) is 41.5 Å². The normalized spacial score (nSPS) is 10.5. The molecule has 0 bridgehead atoms. The van der Waals surface area contributed by atoms with E-state index in [-0.39, 0.29) is 5.56 Å². The molecule has 26 heavy (non-hydrogen) atoms. The smallest absolute Gasteiger partial charge is 0.335 e. The van der Waals surface area contributed by atoms with Crippen molar-refractivity contribution in [2.24, 2.45) is 0 Å². The fraction of sp³-hybridized carbons (Fsp3) is 0.143. The largest absolute Gasteiger partial charge is 0.492 e. The number of aromatic nitrogens is 1. The lowest BCUT2D eigenvalue weighted by atomic mass is 10.1. The summed E-state index contributed by atoms with van der Waals surface area (Å²) in [7, 11) is 0. The van der Waals surface area contributed by atoms with Gasteiger partial charge in [-0.25, -0.2) is 4.79 Å². The lowest BCUT2D eigenvalue weighted by Crippen LogP contribution is -2.20. The zero-order valence-corrected chi connectivity index (χ0v) is 14.3. The average molecular weight is 348 g/mol. The zero-order chi connectivity index (χ0) is 18.2. The molecule has 0 atom stereocenters. The number of aromatic carboxylic acids is 1. The van der Waals surface area contributed by atoms with E-state index < -0.39 is 5.97 Å². The van der Waals surface area contributed by atoms with Crippen molar-refractivity contribution < 1.29 is 14.6 Å². The van der Waals surface area contributed by atoms with Crippen LogP contribution in [-0.2, 0) is 6.54 Å². The van der Waals surface area contributed by atoms with Gasteiger partial charge in [0.2, 0.25) is 0 Å². The lowest BCUT2D eigenvalue weighted by Gasteiger charge is -2.09. The van der Waals surface area contributed by atoms with Crippen LogP contribution in [0.25, 0.3) is 11.1 Å². The number of hydrogen-bond donors (Lipinski definition) is 2. The molecule has 0 saturated carbocycles. The van der Waals surface area contributed by atoms with E-state index in [2.05, 4.69) is 28.5 Å². The van der Waals surface area contributed by atoms with Crippen molar-refractivity contribution in [3.63, 3.8) is 0 Å². The molecule has 0 spiro atoms. The number of carboxylic acid groups (broad SMARTS) is 1. The van der Waals surface area contributed by atoms with Crippen molar-refractivity contribution in [2.75, 3.05) is 13.2 Å². The van der Waals surface area contributed by atoms with E-state index in [1.54, 1.807) is 12.1 Å². The van der Waals surface area contributed by atoms with Crippen LogP contribution in [0.2, 0.25) is 0 Å². The highest BCUT2D eigenvalue weighted by atomic mass is 16.5. The van der Waals surface area contributed by atoms with Gasteiger partial charge in [0.1, 0.15) is 12.4 Å². The van der Waals surface area contributed by atoms with Gasteiger partial charge in [0.25, 0.3) is 0 Å². The minimum atomic E-state index is -0.940. The molecule has 132 valence electrons. The Bertz CT molecular complexity index is 849. The van der Waals surface area contributed by atoms with Gasteiger partial charge in [0.05, 0.1) is 5.56 Å². The molecule has 1 aromatic heterocycles. The molecule has 0 aliphatic carbocycles. The summed E-state index contributed by atoms with van der Waals surface area (Å²) >= 11 is 0. The van der Waals surface area contributed by atoms with E-state index >= 15 is 0 Å². The average Bonchev–Trinajstić information content (AvgIpc) is 2.69. The highest BCUT2D eigenvalue weighted by Gasteiger charge is 2.02. The van der Waals surface area contributed by atoms with Crippen LogP contribution >= 0.6 is 0 Å². The molecule has 5 heteroatoms. The molecule has 3 aromatic rings. The second kappa shape index (κ2) is 8.78. The van der Waals surface area contributed by atoms with Gasteiger partial charge < -0.3 is 15.2 Å². The fourth-order valence-corrected chi connectivity index (χ4v) is 2.54. The van der Waals surface area contributed by atoms with Gasteiger partial charge in [-0.2, -0.15) is 0 Å². The second-order valence-corrected chi connectivity index (χ2v) is 5.80. The number of carboxylic acids is 1. The number of nitrogens with one attached hydrogen (secondary N) is 1. The van der Waals surface area contributed by atoms with E-state index in [9.17, 15) is 4.79 Å². The van der Waals surface area contributed by atoms with Crippen molar-refractivity contribution in [1.29, 1.82) is 0 Å². The number of ether oxygens (including phenoxy) is 1. The van der Waals surface area contributed by atoms with Gasteiger partial charge in [-0.15, -0.1) is 0 Å². The molecule has 0 saturated heterocycles. The molecule has 0 fully saturated rings. The Balaban J connectivity index is 1.44. The first-order chi connectivity index (χ1) is 12.7. The van der Waals surface area contributed by atoms with Crippen LogP contribution in [0.5, 0.6) is 5.75 Å². The van der Waals surface area contributed by atoms with Crippen LogP contribution in [0.15, 0.2) is 73.1 Å². The Hall–Kier alpha value is -3.18. The Kier molecular flexibility index (Phi) is 5.96. The summed E-state index contributed by atoms with van der Waals surface area (Å²) in [6.45, 7) is 1.88. The SMILES string of the molecule is O=C(O)c1ccc(OCCNCc2cncc(-c3ccccc3)c2)cc1. The Labute approximate surface area is 152 Å². The maximum Gasteiger partial charge on any atom is 0.335 e. The molecule has 3 rings (SSSR count). The van der Waals surface area contributed by atoms with Crippen molar-refractivity contribution in [2.45, 2.75) is 6.54 Å². The minimum Gasteiger partial charge on any atom is -0.492 e. The van der Waals surface area contributed by atoms with Crippen LogP contribution in [0.3, 0.4) is 0 Å². The van der Waals surface area contributed by atoms with Crippen molar-refractivity contribution in [3.05, 3.63) is 84.2 Å². The third kappa shape index (κ3) is 4.91. The van der Waals surface area contributed by atoms with Crippen molar-refractivity contribution >= 4 is 5.97 Å². The molecular weight excluding hydrogens is 328 g/mol. The van der Waals surface area contributed by atoms with Gasteiger partial charge >= 0.3 is 5.97 Å². The molecule has 2 aromatic carbocycles. The molecule has 0 aliphatic rings. The summed E-state index contributed by atoms with van der Waals surface area (Å²) in [5.74, 6) is -0.283. The van der Waals surface area contributed by atoms with Crippen LogP contribution < -0.4 is 10.1 Å². The van der Waals surface area contributed by atoms with E-state index in [1.165, 1.54) is 12.1 Å². The molecule has 0 amide bonds. The topological polar surface area (TPSA) is 71.5 Å². The van der Waals surface area contributed by atoms with Gasteiger partial charge in [0.15, 0.2) is 0 Å². The predicted molar refractivity (Wildman–Crippen MR) is 100 cm³/mol. The summed E-state index contributed by atoms with van der Waals surface area (Å²) in [5, 5.41) is 12.2. The number of carbonyl (C=O) groups is 1. The maximum atomic E-state index is 10.8. The van der Waals surface area contributed by atoms with Gasteiger partial charge in [0, 0.05) is 31.0 Å². The first-order valence-electron chi connectivity index (χ1n) is 8.38. The van der Waals surface area contributed by atoms with E-state index in [1.807, 2.05) is 30.6 Å². The lowest BCUT2D eigenvalue weighted by molar-refractivity contribution is 0.0697. The first-order valence-corrected chi connectivity index (χ1v) is 8.38. The fourth-order valence-electron chi connectivity index (χ4n) is 2.54. The quantitative estimate of drug-likeness (QED) is 0.609. The highest BCUT2D eigenvalue weighted by molar-refractivity contribution is 5.87. The van der Waals surface area contributed by atoms with Gasteiger partial charge in [-0.3, -0.25) is 4.98 Å².